The van der Waals surface area contributed by atoms with E-state index in [4.69, 9.17) is 14.2 Å². The minimum absolute atomic E-state index is 0.0977. The summed E-state index contributed by atoms with van der Waals surface area (Å²) in [5.41, 5.74) is 0.815. The van der Waals surface area contributed by atoms with E-state index < -0.39 is 15.9 Å². The Morgan fingerprint density at radius 1 is 1.09 bits per heavy atom. The number of sulfonamides is 1. The number of hydrogen-bond acceptors (Lipinski definition) is 6. The number of nitrogens with zero attached hydrogens (tertiary/aromatic N) is 2. The average Bonchev–Trinajstić information content (AvgIpc) is 2.83. The van der Waals surface area contributed by atoms with Crippen LogP contribution in [-0.2, 0) is 21.4 Å². The molecule has 1 heterocycles. The Hall–Kier alpha value is -2.30. The lowest BCUT2D eigenvalue weighted by Gasteiger charge is -2.33. The zero-order valence-corrected chi connectivity index (χ0v) is 21.6. The Balaban J connectivity index is 1.73. The molecule has 1 fully saturated rings. The van der Waals surface area contributed by atoms with Crippen LogP contribution < -0.4 is 14.2 Å². The topological polar surface area (TPSA) is 85.4 Å². The van der Waals surface area contributed by atoms with Crippen LogP contribution in [0.4, 0.5) is 0 Å². The van der Waals surface area contributed by atoms with Gasteiger partial charge in [-0.15, -0.1) is 0 Å². The van der Waals surface area contributed by atoms with E-state index in [9.17, 15) is 13.2 Å². The largest absolute Gasteiger partial charge is 0.493 e. The minimum Gasteiger partial charge on any atom is -0.493 e. The maximum atomic E-state index is 13.2. The van der Waals surface area contributed by atoms with Gasteiger partial charge in [-0.25, -0.2) is 8.42 Å². The van der Waals surface area contributed by atoms with E-state index >= 15 is 0 Å². The van der Waals surface area contributed by atoms with E-state index in [1.807, 2.05) is 0 Å². The molecule has 1 aliphatic rings. The number of amides is 1. The van der Waals surface area contributed by atoms with Crippen molar-refractivity contribution in [1.29, 1.82) is 0 Å². The van der Waals surface area contributed by atoms with Crippen molar-refractivity contribution in [2.24, 2.45) is 5.92 Å². The molecule has 180 valence electrons. The molecule has 0 radical (unpaired) electrons. The first kappa shape index (κ1) is 25.3. The summed E-state index contributed by atoms with van der Waals surface area (Å²) in [5.74, 6) is 1.00. The summed E-state index contributed by atoms with van der Waals surface area (Å²) in [5, 5.41) is 0. The predicted molar refractivity (Wildman–Crippen MR) is 128 cm³/mol. The third-order valence-corrected chi connectivity index (χ3v) is 8.11. The number of benzene rings is 2. The lowest BCUT2D eigenvalue weighted by molar-refractivity contribution is -0.135. The van der Waals surface area contributed by atoms with Gasteiger partial charge in [0, 0.05) is 31.2 Å². The van der Waals surface area contributed by atoms with Gasteiger partial charge in [0.1, 0.15) is 0 Å². The molecule has 0 N–H and O–H groups in total. The van der Waals surface area contributed by atoms with E-state index in [1.54, 1.807) is 62.6 Å². The molecule has 1 atom stereocenters. The first-order valence-corrected chi connectivity index (χ1v) is 12.7. The van der Waals surface area contributed by atoms with Crippen LogP contribution in [0.2, 0.25) is 0 Å². The Morgan fingerprint density at radius 2 is 1.70 bits per heavy atom. The van der Waals surface area contributed by atoms with Crippen molar-refractivity contribution in [1.82, 2.24) is 9.21 Å². The standard InChI is InChI=1S/C23H29BrN2O6S/c1-25(14-16-12-20(30-2)22(32-4)21(13-16)31-3)23(27)17-6-5-11-26(15-17)33(28,29)19-9-7-18(24)8-10-19/h7-10,12-13,17H,5-6,11,14-15H2,1-4H3. The summed E-state index contributed by atoms with van der Waals surface area (Å²) >= 11 is 3.32. The normalized spacial score (nSPS) is 16.8. The quantitative estimate of drug-likeness (QED) is 0.509. The van der Waals surface area contributed by atoms with Crippen LogP contribution >= 0.6 is 15.9 Å². The van der Waals surface area contributed by atoms with Crippen LogP contribution in [0.3, 0.4) is 0 Å². The summed E-state index contributed by atoms with van der Waals surface area (Å²) in [6, 6.07) is 10.1. The van der Waals surface area contributed by atoms with Gasteiger partial charge in [0.15, 0.2) is 11.5 Å². The predicted octanol–water partition coefficient (Wildman–Crippen LogP) is 3.53. The van der Waals surface area contributed by atoms with E-state index in [-0.39, 0.29) is 17.3 Å². The van der Waals surface area contributed by atoms with Crippen molar-refractivity contribution < 1.29 is 27.4 Å². The summed E-state index contributed by atoms with van der Waals surface area (Å²) in [6.45, 7) is 0.890. The van der Waals surface area contributed by atoms with Crippen molar-refractivity contribution in [3.63, 3.8) is 0 Å². The number of methoxy groups -OCH3 is 3. The smallest absolute Gasteiger partial charge is 0.243 e. The van der Waals surface area contributed by atoms with Gasteiger partial charge in [-0.2, -0.15) is 4.31 Å². The highest BCUT2D eigenvalue weighted by atomic mass is 79.9. The first-order chi connectivity index (χ1) is 15.7. The number of carbonyl (C=O) groups is 1. The van der Waals surface area contributed by atoms with Crippen molar-refractivity contribution in [3.05, 3.63) is 46.4 Å². The SMILES string of the molecule is COc1cc(CN(C)C(=O)C2CCCN(S(=O)(=O)c3ccc(Br)cc3)C2)cc(OC)c1OC. The maximum absolute atomic E-state index is 13.2. The summed E-state index contributed by atoms with van der Waals surface area (Å²) < 4.78 is 44.5. The van der Waals surface area contributed by atoms with Gasteiger partial charge in [0.25, 0.3) is 0 Å². The highest BCUT2D eigenvalue weighted by molar-refractivity contribution is 9.10. The van der Waals surface area contributed by atoms with E-state index in [2.05, 4.69) is 15.9 Å². The van der Waals surface area contributed by atoms with E-state index in [0.29, 0.717) is 43.2 Å². The van der Waals surface area contributed by atoms with Crippen LogP contribution in [0, 0.1) is 5.92 Å². The third-order valence-electron chi connectivity index (χ3n) is 5.71. The van der Waals surface area contributed by atoms with Gasteiger partial charge in [-0.3, -0.25) is 4.79 Å². The van der Waals surface area contributed by atoms with Crippen molar-refractivity contribution in [2.75, 3.05) is 41.5 Å². The molecule has 33 heavy (non-hydrogen) atoms. The summed E-state index contributed by atoms with van der Waals surface area (Å²) in [4.78, 5) is 15.0. The van der Waals surface area contributed by atoms with Crippen LogP contribution in [0.25, 0.3) is 0 Å². The molecule has 1 unspecified atom stereocenters. The van der Waals surface area contributed by atoms with Gasteiger partial charge in [0.2, 0.25) is 21.7 Å². The molecular weight excluding hydrogens is 512 g/mol. The fourth-order valence-electron chi connectivity index (χ4n) is 4.01. The minimum atomic E-state index is -3.66. The van der Waals surface area contributed by atoms with Gasteiger partial charge in [-0.1, -0.05) is 15.9 Å². The molecule has 2 aromatic carbocycles. The first-order valence-electron chi connectivity index (χ1n) is 10.5. The van der Waals surface area contributed by atoms with Crippen molar-refractivity contribution in [2.45, 2.75) is 24.3 Å². The molecule has 1 saturated heterocycles. The number of rotatable bonds is 8. The molecule has 0 aromatic heterocycles. The molecular formula is C23H29BrN2O6S. The number of hydrogen-bond donors (Lipinski definition) is 0. The number of piperidine rings is 1. The Kier molecular flexibility index (Phi) is 8.25. The second-order valence-electron chi connectivity index (χ2n) is 7.88. The number of carbonyl (C=O) groups excluding carboxylic acids is 1. The molecule has 3 rings (SSSR count). The Labute approximate surface area is 203 Å². The Morgan fingerprint density at radius 3 is 2.24 bits per heavy atom. The molecule has 8 nitrogen and oxygen atoms in total. The molecule has 0 spiro atoms. The number of ether oxygens (including phenoxy) is 3. The summed E-state index contributed by atoms with van der Waals surface area (Å²) in [6.07, 6.45) is 1.27. The van der Waals surface area contributed by atoms with Crippen LogP contribution in [0.1, 0.15) is 18.4 Å². The maximum Gasteiger partial charge on any atom is 0.243 e. The fraction of sp³-hybridized carbons (Fsp3) is 0.435. The fourth-order valence-corrected chi connectivity index (χ4v) is 5.80. The molecule has 0 bridgehead atoms. The van der Waals surface area contributed by atoms with Gasteiger partial charge in [0.05, 0.1) is 32.1 Å². The van der Waals surface area contributed by atoms with E-state index in [1.165, 1.54) is 11.4 Å². The van der Waals surface area contributed by atoms with Crippen molar-refractivity contribution >= 4 is 31.9 Å². The van der Waals surface area contributed by atoms with Crippen molar-refractivity contribution in [3.8, 4) is 17.2 Å². The monoisotopic (exact) mass is 540 g/mol. The summed E-state index contributed by atoms with van der Waals surface area (Å²) in [7, 11) is 2.67. The average molecular weight is 541 g/mol. The molecule has 10 heteroatoms. The second kappa shape index (κ2) is 10.8. The van der Waals surface area contributed by atoms with Gasteiger partial charge < -0.3 is 19.1 Å². The van der Waals surface area contributed by atoms with Gasteiger partial charge >= 0.3 is 0 Å². The molecule has 2 aromatic rings. The van der Waals surface area contributed by atoms with E-state index in [0.717, 1.165) is 10.0 Å². The highest BCUT2D eigenvalue weighted by Crippen LogP contribution is 2.38. The van der Waals surface area contributed by atoms with Gasteiger partial charge in [-0.05, 0) is 54.8 Å². The zero-order chi connectivity index (χ0) is 24.2. The number of halogens is 1. The molecule has 0 aliphatic carbocycles. The van der Waals surface area contributed by atoms with Crippen LogP contribution in [0.15, 0.2) is 45.8 Å². The molecule has 0 saturated carbocycles. The molecule has 1 aliphatic heterocycles. The van der Waals surface area contributed by atoms with Crippen LogP contribution in [0.5, 0.6) is 17.2 Å². The highest BCUT2D eigenvalue weighted by Gasteiger charge is 2.34. The lowest BCUT2D eigenvalue weighted by Crippen LogP contribution is -2.45. The zero-order valence-electron chi connectivity index (χ0n) is 19.2. The molecule has 1 amide bonds. The lowest BCUT2D eigenvalue weighted by atomic mass is 9.98. The van der Waals surface area contributed by atoms with Crippen LogP contribution in [-0.4, -0.2) is 65.0 Å². The Bertz CT molecular complexity index is 1070. The third kappa shape index (κ3) is 5.62. The second-order valence-corrected chi connectivity index (χ2v) is 10.7.